The molecule has 2 heteroatoms. The predicted molar refractivity (Wildman–Crippen MR) is 82.1 cm³/mol. The van der Waals surface area contributed by atoms with Gasteiger partial charge in [-0.25, -0.2) is 0 Å². The molecule has 0 aliphatic heterocycles. The molecule has 19 heavy (non-hydrogen) atoms. The second kappa shape index (κ2) is 9.39. The van der Waals surface area contributed by atoms with Crippen LogP contribution in [0.1, 0.15) is 78.6 Å². The highest BCUT2D eigenvalue weighted by atomic mass is 16.2. The van der Waals surface area contributed by atoms with Gasteiger partial charge in [-0.1, -0.05) is 39.0 Å². The van der Waals surface area contributed by atoms with E-state index in [9.17, 15) is 4.79 Å². The first-order valence-corrected chi connectivity index (χ1v) is 8.51. The molecule has 0 saturated heterocycles. The lowest BCUT2D eigenvalue weighted by atomic mass is 9.79. The normalized spacial score (nSPS) is 23.3. The Bertz CT molecular complexity index is 240. The third-order valence-corrected chi connectivity index (χ3v) is 4.74. The fraction of sp³-hybridized carbons (Fsp3) is 0.941. The zero-order chi connectivity index (χ0) is 14.1. The average molecular weight is 267 g/mol. The second-order valence-electron chi connectivity index (χ2n) is 6.08. The van der Waals surface area contributed by atoms with E-state index in [2.05, 4.69) is 20.8 Å². The quantitative estimate of drug-likeness (QED) is 0.587. The average Bonchev–Trinajstić information content (AvgIpc) is 2.45. The zero-order valence-corrected chi connectivity index (χ0v) is 13.3. The topological polar surface area (TPSA) is 20.3 Å². The van der Waals surface area contributed by atoms with Crippen molar-refractivity contribution in [2.45, 2.75) is 78.6 Å². The second-order valence-corrected chi connectivity index (χ2v) is 6.08. The minimum absolute atomic E-state index is 0.326. The maximum Gasteiger partial charge on any atom is 0.225 e. The molecule has 1 aliphatic carbocycles. The van der Waals surface area contributed by atoms with Gasteiger partial charge in [0, 0.05) is 19.0 Å². The van der Waals surface area contributed by atoms with Gasteiger partial charge in [-0.3, -0.25) is 4.79 Å². The van der Waals surface area contributed by atoms with Crippen LogP contribution in [0.5, 0.6) is 0 Å². The molecule has 0 aromatic carbocycles. The molecular weight excluding hydrogens is 234 g/mol. The molecule has 0 N–H and O–H groups in total. The van der Waals surface area contributed by atoms with E-state index in [0.717, 1.165) is 31.8 Å². The smallest absolute Gasteiger partial charge is 0.225 e. The number of amides is 1. The summed E-state index contributed by atoms with van der Waals surface area (Å²) in [6.07, 6.45) is 11.7. The number of unbranched alkanes of at least 4 members (excludes halogenated alkanes) is 3. The molecule has 112 valence electrons. The minimum atomic E-state index is 0.326. The van der Waals surface area contributed by atoms with Crippen LogP contribution < -0.4 is 0 Å². The SMILES string of the molecule is CCCCCCC1CCC(C(=O)N(CC)CC)CC1. The van der Waals surface area contributed by atoms with Gasteiger partial charge in [0.15, 0.2) is 0 Å². The van der Waals surface area contributed by atoms with Crippen molar-refractivity contribution in [2.75, 3.05) is 13.1 Å². The molecule has 0 aromatic heterocycles. The molecule has 0 spiro atoms. The van der Waals surface area contributed by atoms with Gasteiger partial charge in [0.05, 0.1) is 0 Å². The van der Waals surface area contributed by atoms with Crippen LogP contribution >= 0.6 is 0 Å². The molecule has 0 heterocycles. The first-order valence-electron chi connectivity index (χ1n) is 8.51. The highest BCUT2D eigenvalue weighted by molar-refractivity contribution is 5.78. The monoisotopic (exact) mass is 267 g/mol. The van der Waals surface area contributed by atoms with Crippen molar-refractivity contribution in [2.24, 2.45) is 11.8 Å². The summed E-state index contributed by atoms with van der Waals surface area (Å²) in [6.45, 7) is 8.17. The van der Waals surface area contributed by atoms with Crippen LogP contribution in [-0.2, 0) is 4.79 Å². The third-order valence-electron chi connectivity index (χ3n) is 4.74. The summed E-state index contributed by atoms with van der Waals surface area (Å²) in [4.78, 5) is 14.3. The van der Waals surface area contributed by atoms with Crippen molar-refractivity contribution < 1.29 is 4.79 Å². The Morgan fingerprint density at radius 2 is 1.58 bits per heavy atom. The maximum absolute atomic E-state index is 12.3. The van der Waals surface area contributed by atoms with E-state index >= 15 is 0 Å². The van der Waals surface area contributed by atoms with Crippen molar-refractivity contribution in [3.05, 3.63) is 0 Å². The van der Waals surface area contributed by atoms with Crippen LogP contribution in [0.3, 0.4) is 0 Å². The Kier molecular flexibility index (Phi) is 8.16. The first-order chi connectivity index (χ1) is 9.22. The molecule has 0 bridgehead atoms. The van der Waals surface area contributed by atoms with Gasteiger partial charge < -0.3 is 4.90 Å². The van der Waals surface area contributed by atoms with E-state index in [-0.39, 0.29) is 0 Å². The fourth-order valence-corrected chi connectivity index (χ4v) is 3.35. The van der Waals surface area contributed by atoms with Crippen LogP contribution in [0.25, 0.3) is 0 Å². The molecule has 1 fully saturated rings. The lowest BCUT2D eigenvalue weighted by molar-refractivity contribution is -0.136. The highest BCUT2D eigenvalue weighted by Crippen LogP contribution is 2.33. The van der Waals surface area contributed by atoms with Crippen LogP contribution in [0.2, 0.25) is 0 Å². The summed E-state index contributed by atoms with van der Waals surface area (Å²) < 4.78 is 0. The lowest BCUT2D eigenvalue weighted by Gasteiger charge is -2.31. The van der Waals surface area contributed by atoms with Crippen molar-refractivity contribution in [3.63, 3.8) is 0 Å². The number of hydrogen-bond acceptors (Lipinski definition) is 1. The van der Waals surface area contributed by atoms with Gasteiger partial charge >= 0.3 is 0 Å². The van der Waals surface area contributed by atoms with Gasteiger partial charge in [0.25, 0.3) is 0 Å². The number of rotatable bonds is 8. The summed E-state index contributed by atoms with van der Waals surface area (Å²) in [5, 5.41) is 0. The molecule has 0 radical (unpaired) electrons. The molecule has 1 rings (SSSR count). The number of hydrogen-bond donors (Lipinski definition) is 0. The summed E-state index contributed by atoms with van der Waals surface area (Å²) >= 11 is 0. The third kappa shape index (κ3) is 5.54. The van der Waals surface area contributed by atoms with Gasteiger partial charge in [-0.2, -0.15) is 0 Å². The Hall–Kier alpha value is -0.530. The lowest BCUT2D eigenvalue weighted by Crippen LogP contribution is -2.37. The van der Waals surface area contributed by atoms with E-state index in [1.807, 2.05) is 4.90 Å². The van der Waals surface area contributed by atoms with Crippen LogP contribution in [0, 0.1) is 11.8 Å². The highest BCUT2D eigenvalue weighted by Gasteiger charge is 2.28. The first kappa shape index (κ1) is 16.5. The van der Waals surface area contributed by atoms with Gasteiger partial charge in [0.1, 0.15) is 0 Å². The summed E-state index contributed by atoms with van der Waals surface area (Å²) in [5.41, 5.74) is 0. The largest absolute Gasteiger partial charge is 0.343 e. The van der Waals surface area contributed by atoms with Gasteiger partial charge in [-0.05, 0) is 45.4 Å². The molecule has 0 atom stereocenters. The Labute approximate surface area is 119 Å². The Morgan fingerprint density at radius 1 is 0.947 bits per heavy atom. The maximum atomic E-state index is 12.3. The van der Waals surface area contributed by atoms with Crippen molar-refractivity contribution in [1.29, 1.82) is 0 Å². The molecule has 0 unspecified atom stereocenters. The van der Waals surface area contributed by atoms with Crippen molar-refractivity contribution in [1.82, 2.24) is 4.90 Å². The standard InChI is InChI=1S/C17H33NO/c1-4-7-8-9-10-15-11-13-16(14-12-15)17(19)18(5-2)6-3/h15-16H,4-14H2,1-3H3. The zero-order valence-electron chi connectivity index (χ0n) is 13.3. The van der Waals surface area contributed by atoms with Crippen molar-refractivity contribution in [3.8, 4) is 0 Å². The predicted octanol–water partition coefficient (Wildman–Crippen LogP) is 4.63. The molecule has 2 nitrogen and oxygen atoms in total. The van der Waals surface area contributed by atoms with E-state index in [4.69, 9.17) is 0 Å². The van der Waals surface area contributed by atoms with E-state index in [1.165, 1.54) is 44.9 Å². The number of carbonyl (C=O) groups excluding carboxylic acids is 1. The molecule has 1 saturated carbocycles. The van der Waals surface area contributed by atoms with E-state index in [1.54, 1.807) is 0 Å². The Balaban J connectivity index is 2.22. The van der Waals surface area contributed by atoms with E-state index in [0.29, 0.717) is 11.8 Å². The molecule has 0 aromatic rings. The van der Waals surface area contributed by atoms with Crippen LogP contribution in [0.15, 0.2) is 0 Å². The Morgan fingerprint density at radius 3 is 2.11 bits per heavy atom. The van der Waals surface area contributed by atoms with E-state index < -0.39 is 0 Å². The number of carbonyl (C=O) groups is 1. The van der Waals surface area contributed by atoms with Crippen molar-refractivity contribution >= 4 is 5.91 Å². The fourth-order valence-electron chi connectivity index (χ4n) is 3.35. The molecular formula is C17H33NO. The van der Waals surface area contributed by atoms with Gasteiger partial charge in [-0.15, -0.1) is 0 Å². The minimum Gasteiger partial charge on any atom is -0.343 e. The number of nitrogens with zero attached hydrogens (tertiary/aromatic N) is 1. The van der Waals surface area contributed by atoms with Crippen LogP contribution in [-0.4, -0.2) is 23.9 Å². The summed E-state index contributed by atoms with van der Waals surface area (Å²) in [5.74, 6) is 1.64. The molecule has 1 amide bonds. The van der Waals surface area contributed by atoms with Crippen LogP contribution in [0.4, 0.5) is 0 Å². The van der Waals surface area contributed by atoms with Gasteiger partial charge in [0.2, 0.25) is 5.91 Å². The molecule has 1 aliphatic rings. The summed E-state index contributed by atoms with van der Waals surface area (Å²) in [7, 11) is 0. The summed E-state index contributed by atoms with van der Waals surface area (Å²) in [6, 6.07) is 0.